The largest absolute Gasteiger partial charge is 0.510 e. The van der Waals surface area contributed by atoms with Crippen molar-refractivity contribution in [2.75, 3.05) is 13.7 Å². The topological polar surface area (TPSA) is 92.0 Å². The minimum Gasteiger partial charge on any atom is -0.497 e. The van der Waals surface area contributed by atoms with Crippen LogP contribution in [-0.2, 0) is 19.8 Å². The molecule has 1 unspecified atom stereocenters. The third-order valence-electron chi connectivity index (χ3n) is 6.52. The van der Waals surface area contributed by atoms with E-state index in [2.05, 4.69) is 31.2 Å². The van der Waals surface area contributed by atoms with Crippen LogP contribution >= 0.6 is 0 Å². The summed E-state index contributed by atoms with van der Waals surface area (Å²) < 4.78 is 22.9. The van der Waals surface area contributed by atoms with Gasteiger partial charge in [0.15, 0.2) is 0 Å². The molecule has 192 valence electrons. The van der Waals surface area contributed by atoms with Gasteiger partial charge in [0.25, 0.3) is 0 Å². The number of carbonyl (C=O) groups is 1. The van der Waals surface area contributed by atoms with Gasteiger partial charge >= 0.3 is 6.16 Å². The van der Waals surface area contributed by atoms with E-state index in [4.69, 9.17) is 24.0 Å². The SMILES string of the molecule is CCOC(=O)OC(C)OC1CCC(O)(c2cc(-c3ccc(C)cc3)n(-c3ccc(OC)cc3)n2)CC1. The number of hydrogen-bond acceptors (Lipinski definition) is 7. The Kier molecular flexibility index (Phi) is 7.96. The van der Waals surface area contributed by atoms with E-state index in [1.54, 1.807) is 21.0 Å². The van der Waals surface area contributed by atoms with Crippen LogP contribution in [0.25, 0.3) is 16.9 Å². The number of rotatable bonds is 8. The molecule has 36 heavy (non-hydrogen) atoms. The third-order valence-corrected chi connectivity index (χ3v) is 6.52. The summed E-state index contributed by atoms with van der Waals surface area (Å²) in [6, 6.07) is 17.9. The molecule has 2 aromatic carbocycles. The molecule has 0 aliphatic heterocycles. The highest BCUT2D eigenvalue weighted by Gasteiger charge is 2.38. The Morgan fingerprint density at radius 2 is 1.81 bits per heavy atom. The Labute approximate surface area is 211 Å². The van der Waals surface area contributed by atoms with Crippen molar-refractivity contribution < 1.29 is 28.8 Å². The smallest absolute Gasteiger partial charge is 0.497 e. The number of ether oxygens (including phenoxy) is 4. The summed E-state index contributed by atoms with van der Waals surface area (Å²) in [7, 11) is 1.64. The second kappa shape index (κ2) is 11.1. The monoisotopic (exact) mass is 494 g/mol. The highest BCUT2D eigenvalue weighted by atomic mass is 16.8. The number of aromatic nitrogens is 2. The highest BCUT2D eigenvalue weighted by molar-refractivity contribution is 5.63. The summed E-state index contributed by atoms with van der Waals surface area (Å²) in [5.41, 5.74) is 3.51. The fourth-order valence-corrected chi connectivity index (χ4v) is 4.51. The molecule has 1 atom stereocenters. The van der Waals surface area contributed by atoms with Crippen LogP contribution in [0.2, 0.25) is 0 Å². The molecule has 1 aliphatic carbocycles. The molecule has 0 amide bonds. The predicted octanol–water partition coefficient (Wildman–Crippen LogP) is 5.52. The molecule has 1 fully saturated rings. The first-order valence-electron chi connectivity index (χ1n) is 12.3. The van der Waals surface area contributed by atoms with Crippen molar-refractivity contribution in [3.05, 3.63) is 65.9 Å². The average molecular weight is 495 g/mol. The van der Waals surface area contributed by atoms with Gasteiger partial charge in [-0.25, -0.2) is 9.48 Å². The number of methoxy groups -OCH3 is 1. The molecule has 0 bridgehead atoms. The van der Waals surface area contributed by atoms with Gasteiger partial charge in [-0.05, 0) is 76.8 Å². The van der Waals surface area contributed by atoms with Crippen LogP contribution in [0.1, 0.15) is 50.8 Å². The number of hydrogen-bond donors (Lipinski definition) is 1. The van der Waals surface area contributed by atoms with Gasteiger partial charge in [-0.2, -0.15) is 5.10 Å². The van der Waals surface area contributed by atoms with Gasteiger partial charge in [0.2, 0.25) is 6.29 Å². The van der Waals surface area contributed by atoms with Gasteiger partial charge in [-0.3, -0.25) is 0 Å². The van der Waals surface area contributed by atoms with Gasteiger partial charge in [-0.15, -0.1) is 0 Å². The van der Waals surface area contributed by atoms with Crippen LogP contribution in [0.5, 0.6) is 5.75 Å². The maximum atomic E-state index is 11.6. The zero-order valence-corrected chi connectivity index (χ0v) is 21.3. The Bertz CT molecular complexity index is 1150. The molecule has 1 aromatic heterocycles. The fourth-order valence-electron chi connectivity index (χ4n) is 4.51. The van der Waals surface area contributed by atoms with Crippen LogP contribution in [-0.4, -0.2) is 47.2 Å². The van der Waals surface area contributed by atoms with Crippen molar-refractivity contribution in [2.24, 2.45) is 0 Å². The van der Waals surface area contributed by atoms with Gasteiger partial charge in [-0.1, -0.05) is 29.8 Å². The van der Waals surface area contributed by atoms with Crippen LogP contribution in [0.15, 0.2) is 54.6 Å². The van der Waals surface area contributed by atoms with Crippen molar-refractivity contribution in [2.45, 2.75) is 64.4 Å². The lowest BCUT2D eigenvalue weighted by molar-refractivity contribution is -0.161. The second-order valence-electron chi connectivity index (χ2n) is 9.13. The molecular weight excluding hydrogens is 460 g/mol. The molecular formula is C28H34N2O6. The summed E-state index contributed by atoms with van der Waals surface area (Å²) in [6.07, 6.45) is 0.598. The van der Waals surface area contributed by atoms with E-state index < -0.39 is 18.0 Å². The normalized spacial score (nSPS) is 20.5. The number of aliphatic hydroxyl groups is 1. The first kappa shape index (κ1) is 25.7. The van der Waals surface area contributed by atoms with Crippen LogP contribution in [0.4, 0.5) is 4.79 Å². The lowest BCUT2D eigenvalue weighted by Crippen LogP contribution is -2.36. The number of aryl methyl sites for hydroxylation is 1. The minimum atomic E-state index is -1.08. The first-order valence-corrected chi connectivity index (χ1v) is 12.3. The average Bonchev–Trinajstić information content (AvgIpc) is 3.32. The molecule has 1 saturated carbocycles. The minimum absolute atomic E-state index is 0.130. The molecule has 1 aliphatic rings. The Morgan fingerprint density at radius 3 is 2.42 bits per heavy atom. The maximum Gasteiger partial charge on any atom is 0.510 e. The number of benzene rings is 2. The number of carbonyl (C=O) groups excluding carboxylic acids is 1. The van der Waals surface area contributed by atoms with E-state index in [0.29, 0.717) is 31.4 Å². The van der Waals surface area contributed by atoms with Gasteiger partial charge in [0, 0.05) is 5.56 Å². The molecule has 0 saturated heterocycles. The van der Waals surface area contributed by atoms with E-state index in [0.717, 1.165) is 22.7 Å². The highest BCUT2D eigenvalue weighted by Crippen LogP contribution is 2.40. The lowest BCUT2D eigenvalue weighted by atomic mass is 9.81. The summed E-state index contributed by atoms with van der Waals surface area (Å²) in [4.78, 5) is 11.5. The van der Waals surface area contributed by atoms with Crippen molar-refractivity contribution in [1.29, 1.82) is 0 Å². The Hall–Kier alpha value is -3.36. The van der Waals surface area contributed by atoms with Gasteiger partial charge < -0.3 is 24.1 Å². The first-order chi connectivity index (χ1) is 17.3. The van der Waals surface area contributed by atoms with E-state index >= 15 is 0 Å². The van der Waals surface area contributed by atoms with Crippen molar-refractivity contribution in [3.8, 4) is 22.7 Å². The molecule has 0 radical (unpaired) electrons. The molecule has 8 heteroatoms. The zero-order valence-electron chi connectivity index (χ0n) is 21.3. The van der Waals surface area contributed by atoms with Crippen molar-refractivity contribution in [3.63, 3.8) is 0 Å². The van der Waals surface area contributed by atoms with Crippen molar-refractivity contribution >= 4 is 6.16 Å². The van der Waals surface area contributed by atoms with E-state index in [9.17, 15) is 9.90 Å². The molecule has 1 N–H and O–H groups in total. The summed E-state index contributed by atoms with van der Waals surface area (Å²) in [5.74, 6) is 0.765. The summed E-state index contributed by atoms with van der Waals surface area (Å²) in [5, 5.41) is 16.5. The standard InChI is InChI=1S/C28H34N2O6/c1-5-34-27(31)36-20(3)35-24-14-16-28(32,17-15-24)26-18-25(21-8-6-19(2)7-9-21)30(29-26)22-10-12-23(33-4)13-11-22/h6-13,18,20,24,32H,5,14-17H2,1-4H3. The van der Waals surface area contributed by atoms with E-state index in [1.807, 2.05) is 35.0 Å². The fraction of sp³-hybridized carbons (Fsp3) is 0.429. The summed E-state index contributed by atoms with van der Waals surface area (Å²) in [6.45, 7) is 5.69. The molecule has 0 spiro atoms. The molecule has 3 aromatic rings. The molecule has 1 heterocycles. The molecule has 4 rings (SSSR count). The lowest BCUT2D eigenvalue weighted by Gasteiger charge is -2.35. The molecule has 8 nitrogen and oxygen atoms in total. The quantitative estimate of drug-likeness (QED) is 0.325. The van der Waals surface area contributed by atoms with Crippen LogP contribution < -0.4 is 4.74 Å². The third kappa shape index (κ3) is 5.88. The zero-order chi connectivity index (χ0) is 25.7. The Balaban J connectivity index is 1.54. The maximum absolute atomic E-state index is 11.6. The van der Waals surface area contributed by atoms with Gasteiger partial charge in [0.1, 0.15) is 11.4 Å². The van der Waals surface area contributed by atoms with Crippen LogP contribution in [0.3, 0.4) is 0 Å². The summed E-state index contributed by atoms with van der Waals surface area (Å²) >= 11 is 0. The van der Waals surface area contributed by atoms with Gasteiger partial charge in [0.05, 0.1) is 36.9 Å². The number of nitrogens with zero attached hydrogens (tertiary/aromatic N) is 2. The Morgan fingerprint density at radius 1 is 1.14 bits per heavy atom. The predicted molar refractivity (Wildman–Crippen MR) is 135 cm³/mol. The van der Waals surface area contributed by atoms with Crippen molar-refractivity contribution in [1.82, 2.24) is 9.78 Å². The second-order valence-corrected chi connectivity index (χ2v) is 9.13. The van der Waals surface area contributed by atoms with E-state index in [1.165, 1.54) is 5.56 Å². The van der Waals surface area contributed by atoms with Crippen LogP contribution in [0, 0.1) is 6.92 Å². The van der Waals surface area contributed by atoms with E-state index in [-0.39, 0.29) is 12.7 Å².